The molecule has 2 N–H and O–H groups in total. The Morgan fingerprint density at radius 1 is 1.41 bits per heavy atom. The zero-order chi connectivity index (χ0) is 15.5. The van der Waals surface area contributed by atoms with E-state index < -0.39 is 0 Å². The van der Waals surface area contributed by atoms with Gasteiger partial charge in [-0.2, -0.15) is 0 Å². The molecule has 2 amide bonds. The Labute approximate surface area is 135 Å². The lowest BCUT2D eigenvalue weighted by molar-refractivity contribution is -0.132. The maximum absolute atomic E-state index is 12.3. The molecule has 3 heterocycles. The summed E-state index contributed by atoms with van der Waals surface area (Å²) in [5.74, 6) is 0.572. The van der Waals surface area contributed by atoms with E-state index in [1.54, 1.807) is 0 Å². The van der Waals surface area contributed by atoms with Gasteiger partial charge in [0.25, 0.3) is 5.91 Å². The molecule has 6 heteroatoms. The fraction of sp³-hybridized carbons (Fsp3) is 0.625. The van der Waals surface area contributed by atoms with E-state index in [2.05, 4.69) is 10.6 Å². The number of thiophene rings is 1. The van der Waals surface area contributed by atoms with Gasteiger partial charge in [0, 0.05) is 26.2 Å². The van der Waals surface area contributed by atoms with Crippen LogP contribution in [-0.2, 0) is 4.79 Å². The van der Waals surface area contributed by atoms with Gasteiger partial charge in [0.2, 0.25) is 5.91 Å². The van der Waals surface area contributed by atoms with E-state index in [0.29, 0.717) is 12.5 Å². The molecule has 2 atom stereocenters. The smallest absolute Gasteiger partial charge is 0.261 e. The highest BCUT2D eigenvalue weighted by Crippen LogP contribution is 2.19. The summed E-state index contributed by atoms with van der Waals surface area (Å²) in [6.07, 6.45) is 3.06. The van der Waals surface area contributed by atoms with E-state index in [1.807, 2.05) is 23.3 Å². The van der Waals surface area contributed by atoms with Gasteiger partial charge in [-0.15, -0.1) is 11.3 Å². The average molecular weight is 321 g/mol. The molecule has 1 aromatic rings. The van der Waals surface area contributed by atoms with Gasteiger partial charge in [0.1, 0.15) is 0 Å². The number of aryl methyl sites for hydroxylation is 1. The average Bonchev–Trinajstić information content (AvgIpc) is 3.25. The molecule has 0 aliphatic carbocycles. The number of carbonyl (C=O) groups excluding carboxylic acids is 2. The summed E-state index contributed by atoms with van der Waals surface area (Å²) in [6, 6.07) is 1.89. The van der Waals surface area contributed by atoms with Crippen LogP contribution in [0.5, 0.6) is 0 Å². The number of carbonyl (C=O) groups is 2. The van der Waals surface area contributed by atoms with Crippen molar-refractivity contribution in [1.29, 1.82) is 0 Å². The molecule has 0 saturated carbocycles. The third-order valence-electron chi connectivity index (χ3n) is 4.56. The molecule has 0 spiro atoms. The first-order chi connectivity index (χ1) is 10.6. The van der Waals surface area contributed by atoms with Crippen molar-refractivity contribution in [3.8, 4) is 0 Å². The summed E-state index contributed by atoms with van der Waals surface area (Å²) in [5.41, 5.74) is 1.02. The first-order valence-electron chi connectivity index (χ1n) is 7.99. The molecule has 2 aliphatic rings. The molecule has 1 aromatic heterocycles. The number of nitrogens with zero attached hydrogens (tertiary/aromatic N) is 1. The Hall–Kier alpha value is -1.40. The largest absolute Gasteiger partial charge is 0.351 e. The zero-order valence-corrected chi connectivity index (χ0v) is 13.7. The molecule has 0 aromatic carbocycles. The van der Waals surface area contributed by atoms with Gasteiger partial charge in [-0.05, 0) is 49.1 Å². The summed E-state index contributed by atoms with van der Waals surface area (Å²) >= 11 is 1.47. The van der Waals surface area contributed by atoms with Crippen LogP contribution in [0.1, 0.15) is 34.5 Å². The van der Waals surface area contributed by atoms with Crippen molar-refractivity contribution in [2.75, 3.05) is 26.2 Å². The number of hydrogen-bond acceptors (Lipinski definition) is 4. The second kappa shape index (κ2) is 6.79. The Morgan fingerprint density at radius 2 is 2.18 bits per heavy atom. The zero-order valence-electron chi connectivity index (χ0n) is 12.9. The van der Waals surface area contributed by atoms with E-state index in [9.17, 15) is 9.59 Å². The molecule has 120 valence electrons. The van der Waals surface area contributed by atoms with Crippen LogP contribution >= 0.6 is 11.3 Å². The lowest BCUT2D eigenvalue weighted by Gasteiger charge is -2.20. The van der Waals surface area contributed by atoms with Crippen molar-refractivity contribution in [2.24, 2.45) is 5.92 Å². The molecule has 2 fully saturated rings. The van der Waals surface area contributed by atoms with E-state index in [-0.39, 0.29) is 17.9 Å². The fourth-order valence-corrected chi connectivity index (χ4v) is 4.07. The number of rotatable bonds is 4. The number of hydrogen-bond donors (Lipinski definition) is 2. The van der Waals surface area contributed by atoms with Crippen LogP contribution in [-0.4, -0.2) is 48.9 Å². The summed E-state index contributed by atoms with van der Waals surface area (Å²) in [7, 11) is 0. The summed E-state index contributed by atoms with van der Waals surface area (Å²) in [4.78, 5) is 27.2. The summed E-state index contributed by atoms with van der Waals surface area (Å²) in [5, 5.41) is 8.25. The van der Waals surface area contributed by atoms with Gasteiger partial charge in [0.15, 0.2) is 0 Å². The lowest BCUT2D eigenvalue weighted by atomic mass is 10.0. The maximum Gasteiger partial charge on any atom is 0.261 e. The lowest BCUT2D eigenvalue weighted by Crippen LogP contribution is -2.42. The van der Waals surface area contributed by atoms with E-state index in [4.69, 9.17) is 0 Å². The number of amides is 2. The molecule has 22 heavy (non-hydrogen) atoms. The minimum absolute atomic E-state index is 0.00168. The Bertz CT molecular complexity index is 551. The molecule has 0 bridgehead atoms. The summed E-state index contributed by atoms with van der Waals surface area (Å²) < 4.78 is 0. The maximum atomic E-state index is 12.3. The van der Waals surface area contributed by atoms with Crippen molar-refractivity contribution in [1.82, 2.24) is 15.5 Å². The minimum atomic E-state index is -0.0662. The molecule has 2 aliphatic heterocycles. The third-order valence-corrected chi connectivity index (χ3v) is 5.57. The molecule has 3 rings (SSSR count). The monoisotopic (exact) mass is 321 g/mol. The van der Waals surface area contributed by atoms with E-state index in [0.717, 1.165) is 49.3 Å². The van der Waals surface area contributed by atoms with Gasteiger partial charge >= 0.3 is 0 Å². The van der Waals surface area contributed by atoms with Gasteiger partial charge in [-0.3, -0.25) is 9.59 Å². The number of likely N-dealkylation sites (tertiary alicyclic amines) is 1. The van der Waals surface area contributed by atoms with Crippen molar-refractivity contribution in [3.63, 3.8) is 0 Å². The van der Waals surface area contributed by atoms with Gasteiger partial charge < -0.3 is 15.5 Å². The first kappa shape index (κ1) is 15.5. The van der Waals surface area contributed by atoms with Crippen molar-refractivity contribution < 1.29 is 9.59 Å². The predicted molar refractivity (Wildman–Crippen MR) is 87.1 cm³/mol. The van der Waals surface area contributed by atoms with E-state index in [1.165, 1.54) is 11.3 Å². The van der Waals surface area contributed by atoms with Crippen LogP contribution in [0.3, 0.4) is 0 Å². The quantitative estimate of drug-likeness (QED) is 0.881. The molecule has 2 saturated heterocycles. The van der Waals surface area contributed by atoms with Crippen LogP contribution < -0.4 is 10.6 Å². The van der Waals surface area contributed by atoms with Crippen molar-refractivity contribution in [2.45, 2.75) is 32.2 Å². The van der Waals surface area contributed by atoms with Crippen molar-refractivity contribution >= 4 is 23.2 Å². The highest BCUT2D eigenvalue weighted by atomic mass is 32.1. The predicted octanol–water partition coefficient (Wildman–Crippen LogP) is 1.39. The van der Waals surface area contributed by atoms with Crippen LogP contribution in [0.2, 0.25) is 0 Å². The first-order valence-corrected chi connectivity index (χ1v) is 8.87. The van der Waals surface area contributed by atoms with Crippen LogP contribution in [0.15, 0.2) is 11.4 Å². The van der Waals surface area contributed by atoms with Gasteiger partial charge in [0.05, 0.1) is 10.9 Å². The fourth-order valence-electron chi connectivity index (χ4n) is 3.23. The second-order valence-corrected chi connectivity index (χ2v) is 7.15. The molecular formula is C16H23N3O2S. The van der Waals surface area contributed by atoms with Crippen LogP contribution in [0, 0.1) is 12.8 Å². The van der Waals surface area contributed by atoms with Crippen LogP contribution in [0.25, 0.3) is 0 Å². The van der Waals surface area contributed by atoms with E-state index >= 15 is 0 Å². The SMILES string of the molecule is Cc1ccsc1C(=O)NC[C@@H]1CN[C@H](C(=O)N2CCCC2)C1. The molecular weight excluding hydrogens is 298 g/mol. The second-order valence-electron chi connectivity index (χ2n) is 6.24. The topological polar surface area (TPSA) is 61.4 Å². The molecule has 0 radical (unpaired) electrons. The van der Waals surface area contributed by atoms with Gasteiger partial charge in [-0.25, -0.2) is 0 Å². The number of nitrogens with one attached hydrogen (secondary N) is 2. The Morgan fingerprint density at radius 3 is 2.86 bits per heavy atom. The third kappa shape index (κ3) is 3.33. The minimum Gasteiger partial charge on any atom is -0.351 e. The van der Waals surface area contributed by atoms with Gasteiger partial charge in [-0.1, -0.05) is 0 Å². The molecule has 5 nitrogen and oxygen atoms in total. The Kier molecular flexibility index (Phi) is 4.78. The highest BCUT2D eigenvalue weighted by molar-refractivity contribution is 7.12. The van der Waals surface area contributed by atoms with Crippen LogP contribution in [0.4, 0.5) is 0 Å². The van der Waals surface area contributed by atoms with Crippen molar-refractivity contribution in [3.05, 3.63) is 21.9 Å². The summed E-state index contributed by atoms with van der Waals surface area (Å²) in [6.45, 7) is 5.18. The normalized spacial score (nSPS) is 24.7. The highest BCUT2D eigenvalue weighted by Gasteiger charge is 2.33. The molecule has 0 unspecified atom stereocenters. The standard InChI is InChI=1S/C16H23N3O2S/c1-11-4-7-22-14(11)15(20)18-10-12-8-13(17-9-12)16(21)19-5-2-3-6-19/h4,7,12-13,17H,2-3,5-6,8-10H2,1H3,(H,18,20)/t12-,13-/m0/s1. The Balaban J connectivity index is 1.46.